The summed E-state index contributed by atoms with van der Waals surface area (Å²) in [5.74, 6) is -1.23. The van der Waals surface area contributed by atoms with E-state index < -0.39 is 21.5 Å². The Morgan fingerprint density at radius 1 is 1.12 bits per heavy atom. The van der Waals surface area contributed by atoms with Gasteiger partial charge >= 0.3 is 0 Å². The van der Waals surface area contributed by atoms with E-state index in [9.17, 15) is 13.2 Å². The van der Waals surface area contributed by atoms with Crippen LogP contribution in [0.4, 0.5) is 5.13 Å². The van der Waals surface area contributed by atoms with Gasteiger partial charge in [0, 0.05) is 15.4 Å². The molecule has 26 heavy (non-hydrogen) atoms. The minimum atomic E-state index is -3.69. The highest BCUT2D eigenvalue weighted by molar-refractivity contribution is 9.10. The van der Waals surface area contributed by atoms with Crippen LogP contribution in [0, 0.1) is 6.92 Å². The van der Waals surface area contributed by atoms with E-state index in [1.165, 1.54) is 23.5 Å². The minimum Gasteiger partial charge on any atom is -0.301 e. The smallest absolute Gasteiger partial charge is 0.241 e. The number of hydrogen-bond donors (Lipinski definition) is 1. The van der Waals surface area contributed by atoms with Crippen molar-refractivity contribution in [2.75, 3.05) is 11.1 Å². The molecule has 1 N–H and O–H groups in total. The second kappa shape index (κ2) is 7.69. The van der Waals surface area contributed by atoms with E-state index in [1.54, 1.807) is 12.1 Å². The topological polar surface area (TPSA) is 76.1 Å². The molecule has 1 aromatic heterocycles. The summed E-state index contributed by atoms with van der Waals surface area (Å²) in [6, 6.07) is 14.0. The van der Waals surface area contributed by atoms with Gasteiger partial charge in [0.05, 0.1) is 10.6 Å². The van der Waals surface area contributed by atoms with Crippen molar-refractivity contribution in [2.45, 2.75) is 11.8 Å². The molecule has 0 unspecified atom stereocenters. The second-order valence-electron chi connectivity index (χ2n) is 5.67. The highest BCUT2D eigenvalue weighted by Crippen LogP contribution is 2.26. The van der Waals surface area contributed by atoms with Gasteiger partial charge < -0.3 is 5.32 Å². The number of carbonyl (C=O) groups excluding carboxylic acids is 1. The zero-order valence-corrected chi connectivity index (χ0v) is 17.0. The molecule has 134 valence electrons. The lowest BCUT2D eigenvalue weighted by Crippen LogP contribution is -2.22. The quantitative estimate of drug-likeness (QED) is 0.628. The number of nitrogens with one attached hydrogen (secondary N) is 1. The number of halogens is 1. The van der Waals surface area contributed by atoms with Gasteiger partial charge in [-0.1, -0.05) is 45.8 Å². The van der Waals surface area contributed by atoms with Crippen LogP contribution >= 0.6 is 27.3 Å². The van der Waals surface area contributed by atoms with Crippen LogP contribution in [0.1, 0.15) is 5.56 Å². The Morgan fingerprint density at radius 2 is 1.77 bits per heavy atom. The van der Waals surface area contributed by atoms with Crippen LogP contribution in [-0.2, 0) is 14.6 Å². The number of anilines is 1. The van der Waals surface area contributed by atoms with Crippen LogP contribution in [-0.4, -0.2) is 25.1 Å². The summed E-state index contributed by atoms with van der Waals surface area (Å²) in [6.45, 7) is 1.87. The Labute approximate surface area is 164 Å². The molecule has 0 aliphatic rings. The monoisotopic (exact) mass is 450 g/mol. The number of nitrogens with zero attached hydrogens (tertiary/aromatic N) is 1. The maximum absolute atomic E-state index is 12.3. The molecule has 2 aromatic carbocycles. The molecule has 1 amide bonds. The van der Waals surface area contributed by atoms with Crippen LogP contribution in [0.15, 0.2) is 63.3 Å². The fraction of sp³-hybridized carbons (Fsp3) is 0.111. The van der Waals surface area contributed by atoms with Crippen molar-refractivity contribution in [3.63, 3.8) is 0 Å². The number of carbonyl (C=O) groups is 1. The van der Waals surface area contributed by atoms with Crippen LogP contribution in [0.3, 0.4) is 0 Å². The third-order valence-electron chi connectivity index (χ3n) is 3.59. The third kappa shape index (κ3) is 4.57. The molecular formula is C18H15BrN2O3S2. The average Bonchev–Trinajstić information content (AvgIpc) is 3.03. The highest BCUT2D eigenvalue weighted by Gasteiger charge is 2.20. The number of thiazole rings is 1. The van der Waals surface area contributed by atoms with Crippen molar-refractivity contribution in [1.82, 2.24) is 4.98 Å². The Bertz CT molecular complexity index is 1030. The molecule has 3 aromatic rings. The van der Waals surface area contributed by atoms with Crippen molar-refractivity contribution < 1.29 is 13.2 Å². The number of amides is 1. The maximum Gasteiger partial charge on any atom is 0.241 e. The van der Waals surface area contributed by atoms with Crippen LogP contribution in [0.5, 0.6) is 0 Å². The molecule has 3 rings (SSSR count). The van der Waals surface area contributed by atoms with E-state index >= 15 is 0 Å². The molecule has 0 saturated heterocycles. The largest absolute Gasteiger partial charge is 0.301 e. The van der Waals surface area contributed by atoms with Crippen LogP contribution in [0.25, 0.3) is 11.3 Å². The zero-order valence-electron chi connectivity index (χ0n) is 13.8. The summed E-state index contributed by atoms with van der Waals surface area (Å²) in [6.07, 6.45) is 0. The molecule has 0 aliphatic carbocycles. The van der Waals surface area contributed by atoms with E-state index in [0.29, 0.717) is 5.13 Å². The van der Waals surface area contributed by atoms with E-state index in [1.807, 2.05) is 36.6 Å². The molecule has 0 aliphatic heterocycles. The highest BCUT2D eigenvalue weighted by atomic mass is 79.9. The fourth-order valence-corrected chi connectivity index (χ4v) is 4.38. The second-order valence-corrected chi connectivity index (χ2v) is 9.43. The molecule has 0 radical (unpaired) electrons. The number of rotatable bonds is 5. The van der Waals surface area contributed by atoms with Gasteiger partial charge in [-0.2, -0.15) is 0 Å². The molecule has 0 fully saturated rings. The van der Waals surface area contributed by atoms with Gasteiger partial charge in [0.1, 0.15) is 5.75 Å². The van der Waals surface area contributed by atoms with Gasteiger partial charge in [-0.3, -0.25) is 4.79 Å². The predicted molar refractivity (Wildman–Crippen MR) is 107 cm³/mol. The standard InChI is InChI=1S/C18H15BrN2O3S2/c1-12-2-8-15(9-3-12)26(23,24)11-17(22)21-18-20-16(10-25-18)13-4-6-14(19)7-5-13/h2-10H,11H2,1H3,(H,20,21,22). The Kier molecular flexibility index (Phi) is 5.55. The minimum absolute atomic E-state index is 0.132. The van der Waals surface area contributed by atoms with Crippen LogP contribution < -0.4 is 5.32 Å². The first kappa shape index (κ1) is 18.8. The summed E-state index contributed by atoms with van der Waals surface area (Å²) in [5.41, 5.74) is 2.59. The van der Waals surface area contributed by atoms with E-state index in [2.05, 4.69) is 26.2 Å². The van der Waals surface area contributed by atoms with E-state index in [-0.39, 0.29) is 4.90 Å². The van der Waals surface area contributed by atoms with Crippen molar-refractivity contribution in [3.8, 4) is 11.3 Å². The predicted octanol–water partition coefficient (Wildman–Crippen LogP) is 4.29. The van der Waals surface area contributed by atoms with Gasteiger partial charge in [0.25, 0.3) is 0 Å². The molecule has 0 bridgehead atoms. The van der Waals surface area contributed by atoms with Gasteiger partial charge in [-0.05, 0) is 31.2 Å². The first-order valence-corrected chi connectivity index (χ1v) is 11.0. The van der Waals surface area contributed by atoms with E-state index in [0.717, 1.165) is 21.3 Å². The zero-order chi connectivity index (χ0) is 18.7. The third-order valence-corrected chi connectivity index (χ3v) is 6.51. The lowest BCUT2D eigenvalue weighted by atomic mass is 10.2. The SMILES string of the molecule is Cc1ccc(S(=O)(=O)CC(=O)Nc2nc(-c3ccc(Br)cc3)cs2)cc1. The van der Waals surface area contributed by atoms with Crippen molar-refractivity contribution in [3.05, 3.63) is 63.9 Å². The number of benzene rings is 2. The molecule has 0 spiro atoms. The van der Waals surface area contributed by atoms with Gasteiger partial charge in [-0.15, -0.1) is 11.3 Å². The maximum atomic E-state index is 12.3. The first-order chi connectivity index (χ1) is 12.3. The fourth-order valence-electron chi connectivity index (χ4n) is 2.24. The van der Waals surface area contributed by atoms with Gasteiger partial charge in [-0.25, -0.2) is 13.4 Å². The van der Waals surface area contributed by atoms with Crippen molar-refractivity contribution in [1.29, 1.82) is 0 Å². The van der Waals surface area contributed by atoms with Gasteiger partial charge in [0.15, 0.2) is 15.0 Å². The summed E-state index contributed by atoms with van der Waals surface area (Å²) in [4.78, 5) is 16.6. The summed E-state index contributed by atoms with van der Waals surface area (Å²) in [7, 11) is -3.69. The molecular weight excluding hydrogens is 436 g/mol. The Hall–Kier alpha value is -2.03. The first-order valence-electron chi connectivity index (χ1n) is 7.64. The summed E-state index contributed by atoms with van der Waals surface area (Å²) in [5, 5.41) is 4.74. The van der Waals surface area contributed by atoms with Crippen molar-refractivity contribution in [2.24, 2.45) is 0 Å². The number of aromatic nitrogens is 1. The number of aryl methyl sites for hydroxylation is 1. The lowest BCUT2D eigenvalue weighted by Gasteiger charge is -2.05. The number of hydrogen-bond acceptors (Lipinski definition) is 5. The van der Waals surface area contributed by atoms with Crippen LogP contribution in [0.2, 0.25) is 0 Å². The molecule has 8 heteroatoms. The normalized spacial score (nSPS) is 11.3. The van der Waals surface area contributed by atoms with E-state index in [4.69, 9.17) is 0 Å². The average molecular weight is 451 g/mol. The van der Waals surface area contributed by atoms with Gasteiger partial charge in [0.2, 0.25) is 5.91 Å². The molecule has 0 atom stereocenters. The molecule has 0 saturated carbocycles. The van der Waals surface area contributed by atoms with Crippen molar-refractivity contribution >= 4 is 48.1 Å². The Morgan fingerprint density at radius 3 is 2.42 bits per heavy atom. The molecule has 5 nitrogen and oxygen atoms in total. The summed E-state index contributed by atoms with van der Waals surface area (Å²) < 4.78 is 25.6. The molecule has 1 heterocycles. The lowest BCUT2D eigenvalue weighted by molar-refractivity contribution is -0.113. The Balaban J connectivity index is 1.68. The number of sulfone groups is 1. The summed E-state index contributed by atoms with van der Waals surface area (Å²) >= 11 is 4.63.